The van der Waals surface area contributed by atoms with E-state index in [-0.39, 0.29) is 24.6 Å². The van der Waals surface area contributed by atoms with E-state index in [2.05, 4.69) is 20.6 Å². The van der Waals surface area contributed by atoms with Gasteiger partial charge in [0.2, 0.25) is 5.91 Å². The molecule has 0 fully saturated rings. The molecule has 2 aromatic carbocycles. The first-order valence-corrected chi connectivity index (χ1v) is 10.3. The van der Waals surface area contributed by atoms with Crippen molar-refractivity contribution < 1.29 is 9.53 Å². The summed E-state index contributed by atoms with van der Waals surface area (Å²) in [6.45, 7) is 1.34. The number of methoxy groups -OCH3 is 1. The number of amides is 1. The summed E-state index contributed by atoms with van der Waals surface area (Å²) in [5, 5.41) is 16.6. The molecule has 0 aliphatic rings. The van der Waals surface area contributed by atoms with Gasteiger partial charge in [-0.3, -0.25) is 9.59 Å². The third-order valence-corrected chi connectivity index (χ3v) is 5.10. The molecule has 2 heterocycles. The second kappa shape index (κ2) is 9.97. The van der Waals surface area contributed by atoms with Crippen molar-refractivity contribution in [3.05, 3.63) is 77.1 Å². The Morgan fingerprint density at radius 3 is 2.59 bits per heavy atom. The maximum Gasteiger partial charge on any atom is 0.275 e. The minimum absolute atomic E-state index is 0.193. The molecular formula is C23H24N6O3. The molecule has 0 spiro atoms. The zero-order chi connectivity index (χ0) is 22.3. The minimum Gasteiger partial charge on any atom is -0.385 e. The molecule has 9 heteroatoms. The number of aromatic nitrogens is 5. The SMILES string of the molecule is COCCCn1cnnc1CNC(=O)Cn1nc(-c2ccccc2)c2ccccc2c1=O. The highest BCUT2D eigenvalue weighted by molar-refractivity contribution is 5.93. The second-order valence-electron chi connectivity index (χ2n) is 7.29. The zero-order valence-electron chi connectivity index (χ0n) is 17.8. The average molecular weight is 432 g/mol. The number of benzene rings is 2. The number of carbonyl (C=O) groups is 1. The highest BCUT2D eigenvalue weighted by Crippen LogP contribution is 2.24. The van der Waals surface area contributed by atoms with Crippen LogP contribution in [0.4, 0.5) is 0 Å². The number of carbonyl (C=O) groups excluding carboxylic acids is 1. The van der Waals surface area contributed by atoms with Gasteiger partial charge in [0.15, 0.2) is 5.82 Å². The quantitative estimate of drug-likeness (QED) is 0.406. The van der Waals surface area contributed by atoms with Crippen LogP contribution in [0.5, 0.6) is 0 Å². The Kier molecular flexibility index (Phi) is 6.66. The van der Waals surface area contributed by atoms with Crippen LogP contribution < -0.4 is 10.9 Å². The summed E-state index contributed by atoms with van der Waals surface area (Å²) >= 11 is 0. The van der Waals surface area contributed by atoms with Gasteiger partial charge in [0.1, 0.15) is 12.9 Å². The molecule has 0 bridgehead atoms. The summed E-state index contributed by atoms with van der Waals surface area (Å²) in [4.78, 5) is 25.6. The van der Waals surface area contributed by atoms with Gasteiger partial charge in [0, 0.05) is 31.2 Å². The normalized spacial score (nSPS) is 11.0. The Labute approximate surface area is 184 Å². The van der Waals surface area contributed by atoms with E-state index in [1.54, 1.807) is 25.6 Å². The van der Waals surface area contributed by atoms with Gasteiger partial charge in [-0.25, -0.2) is 4.68 Å². The van der Waals surface area contributed by atoms with E-state index in [1.807, 2.05) is 47.0 Å². The predicted octanol–water partition coefficient (Wildman–Crippen LogP) is 2.01. The summed E-state index contributed by atoms with van der Waals surface area (Å²) in [5.41, 5.74) is 1.23. The van der Waals surface area contributed by atoms with Crippen LogP contribution in [-0.4, -0.2) is 44.2 Å². The van der Waals surface area contributed by atoms with Crippen LogP contribution >= 0.6 is 0 Å². The fourth-order valence-electron chi connectivity index (χ4n) is 3.50. The molecule has 0 aliphatic carbocycles. The van der Waals surface area contributed by atoms with Crippen molar-refractivity contribution >= 4 is 16.7 Å². The molecule has 4 aromatic rings. The monoisotopic (exact) mass is 432 g/mol. The minimum atomic E-state index is -0.333. The van der Waals surface area contributed by atoms with E-state index in [0.717, 1.165) is 17.4 Å². The number of fused-ring (bicyclic) bond motifs is 1. The van der Waals surface area contributed by atoms with E-state index in [0.29, 0.717) is 30.1 Å². The number of hydrogen-bond donors (Lipinski definition) is 1. The van der Waals surface area contributed by atoms with E-state index in [9.17, 15) is 9.59 Å². The summed E-state index contributed by atoms with van der Waals surface area (Å²) in [6, 6.07) is 16.9. The molecule has 1 N–H and O–H groups in total. The lowest BCUT2D eigenvalue weighted by molar-refractivity contribution is -0.122. The zero-order valence-corrected chi connectivity index (χ0v) is 17.8. The molecule has 0 saturated carbocycles. The van der Waals surface area contributed by atoms with E-state index < -0.39 is 0 Å². The third kappa shape index (κ3) is 4.73. The van der Waals surface area contributed by atoms with Crippen molar-refractivity contribution in [2.75, 3.05) is 13.7 Å². The highest BCUT2D eigenvalue weighted by atomic mass is 16.5. The van der Waals surface area contributed by atoms with Gasteiger partial charge in [0.05, 0.1) is 17.6 Å². The predicted molar refractivity (Wildman–Crippen MR) is 120 cm³/mol. The van der Waals surface area contributed by atoms with Crippen molar-refractivity contribution in [1.29, 1.82) is 0 Å². The maximum absolute atomic E-state index is 13.0. The molecule has 0 atom stereocenters. The molecule has 32 heavy (non-hydrogen) atoms. The summed E-state index contributed by atoms with van der Waals surface area (Å²) in [5.74, 6) is 0.304. The molecule has 4 rings (SSSR count). The Morgan fingerprint density at radius 2 is 1.81 bits per heavy atom. The molecule has 0 radical (unpaired) electrons. The number of nitrogens with one attached hydrogen (secondary N) is 1. The Bertz CT molecular complexity index is 1270. The van der Waals surface area contributed by atoms with Gasteiger partial charge in [-0.1, -0.05) is 48.5 Å². The molecule has 0 unspecified atom stereocenters. The first kappa shape index (κ1) is 21.4. The molecule has 1 amide bonds. The van der Waals surface area contributed by atoms with Crippen LogP contribution in [0, 0.1) is 0 Å². The molecule has 0 saturated heterocycles. The summed E-state index contributed by atoms with van der Waals surface area (Å²) in [6.07, 6.45) is 2.44. The van der Waals surface area contributed by atoms with Crippen LogP contribution in [0.25, 0.3) is 22.0 Å². The number of hydrogen-bond acceptors (Lipinski definition) is 6. The molecule has 0 aliphatic heterocycles. The number of rotatable bonds is 9. The van der Waals surface area contributed by atoms with Crippen LogP contribution in [0.1, 0.15) is 12.2 Å². The smallest absolute Gasteiger partial charge is 0.275 e. The highest BCUT2D eigenvalue weighted by Gasteiger charge is 2.14. The average Bonchev–Trinajstić information content (AvgIpc) is 3.28. The first-order chi connectivity index (χ1) is 15.7. The van der Waals surface area contributed by atoms with E-state index in [1.165, 1.54) is 4.68 Å². The standard InChI is InChI=1S/C23H24N6O3/c1-32-13-7-12-28-16-25-26-20(28)14-24-21(30)15-29-23(31)19-11-6-5-10-18(19)22(27-29)17-8-3-2-4-9-17/h2-6,8-11,16H,7,12-15H2,1H3,(H,24,30). The van der Waals surface area contributed by atoms with Crippen molar-refractivity contribution in [2.24, 2.45) is 0 Å². The van der Waals surface area contributed by atoms with Crippen LogP contribution in [0.15, 0.2) is 65.7 Å². The van der Waals surface area contributed by atoms with Gasteiger partial charge < -0.3 is 14.6 Å². The second-order valence-corrected chi connectivity index (χ2v) is 7.29. The lowest BCUT2D eigenvalue weighted by atomic mass is 10.1. The van der Waals surface area contributed by atoms with Gasteiger partial charge in [0.25, 0.3) is 5.56 Å². The number of nitrogens with zero attached hydrogens (tertiary/aromatic N) is 5. The Morgan fingerprint density at radius 1 is 1.06 bits per heavy atom. The van der Waals surface area contributed by atoms with Crippen LogP contribution in [0.3, 0.4) is 0 Å². The summed E-state index contributed by atoms with van der Waals surface area (Å²) < 4.78 is 8.14. The van der Waals surface area contributed by atoms with Crippen molar-refractivity contribution in [2.45, 2.75) is 26.1 Å². The van der Waals surface area contributed by atoms with Gasteiger partial charge >= 0.3 is 0 Å². The van der Waals surface area contributed by atoms with Crippen molar-refractivity contribution in [1.82, 2.24) is 29.9 Å². The molecule has 164 valence electrons. The van der Waals surface area contributed by atoms with Gasteiger partial charge in [-0.15, -0.1) is 10.2 Å². The van der Waals surface area contributed by atoms with Crippen LogP contribution in [0.2, 0.25) is 0 Å². The van der Waals surface area contributed by atoms with Gasteiger partial charge in [-0.05, 0) is 12.5 Å². The van der Waals surface area contributed by atoms with E-state index >= 15 is 0 Å². The maximum atomic E-state index is 13.0. The summed E-state index contributed by atoms with van der Waals surface area (Å²) in [7, 11) is 1.65. The Hall–Kier alpha value is -3.85. The van der Waals surface area contributed by atoms with Crippen molar-refractivity contribution in [3.63, 3.8) is 0 Å². The number of ether oxygens (including phenoxy) is 1. The van der Waals surface area contributed by atoms with Gasteiger partial charge in [-0.2, -0.15) is 5.10 Å². The fourth-order valence-corrected chi connectivity index (χ4v) is 3.50. The topological polar surface area (TPSA) is 104 Å². The lowest BCUT2D eigenvalue weighted by Crippen LogP contribution is -2.34. The molecule has 2 aromatic heterocycles. The van der Waals surface area contributed by atoms with E-state index in [4.69, 9.17) is 4.74 Å². The fraction of sp³-hybridized carbons (Fsp3) is 0.261. The Balaban J connectivity index is 1.53. The first-order valence-electron chi connectivity index (χ1n) is 10.3. The number of aryl methyl sites for hydroxylation is 1. The molecular weight excluding hydrogens is 408 g/mol. The van der Waals surface area contributed by atoms with Crippen molar-refractivity contribution in [3.8, 4) is 11.3 Å². The molecule has 9 nitrogen and oxygen atoms in total. The lowest BCUT2D eigenvalue weighted by Gasteiger charge is -2.12. The van der Waals surface area contributed by atoms with Crippen LogP contribution in [-0.2, 0) is 29.2 Å². The largest absolute Gasteiger partial charge is 0.385 e. The third-order valence-electron chi connectivity index (χ3n) is 5.10.